The summed E-state index contributed by atoms with van der Waals surface area (Å²) in [5.74, 6) is 2.23. The fourth-order valence-corrected chi connectivity index (χ4v) is 3.32. The average molecular weight is 288 g/mol. The van der Waals surface area contributed by atoms with Gasteiger partial charge in [0.25, 0.3) is 0 Å². The Balaban J connectivity index is 2.32. The minimum absolute atomic E-state index is 0.118. The summed E-state index contributed by atoms with van der Waals surface area (Å²) in [5, 5.41) is 3.12. The van der Waals surface area contributed by atoms with Crippen LogP contribution in [0.15, 0.2) is 0 Å². The number of unbranched alkanes of at least 4 members (excludes halogenated alkanes) is 1. The first-order chi connectivity index (χ1) is 9.08. The van der Waals surface area contributed by atoms with Crippen LogP contribution in [0.3, 0.4) is 0 Å². The van der Waals surface area contributed by atoms with E-state index >= 15 is 0 Å². The second-order valence-electron chi connectivity index (χ2n) is 6.37. The largest absolute Gasteiger partial charge is 0.352 e. The number of amides is 1. The zero-order chi connectivity index (χ0) is 14.3. The topological polar surface area (TPSA) is 29.1 Å². The predicted octanol–water partition coefficient (Wildman–Crippen LogP) is 4.36. The van der Waals surface area contributed by atoms with Crippen LogP contribution in [-0.2, 0) is 4.79 Å². The fourth-order valence-electron chi connectivity index (χ4n) is 2.89. The van der Waals surface area contributed by atoms with Gasteiger partial charge >= 0.3 is 0 Å². The van der Waals surface area contributed by atoms with Crippen LogP contribution in [0, 0.1) is 17.8 Å². The van der Waals surface area contributed by atoms with E-state index in [1.165, 1.54) is 32.1 Å². The molecule has 112 valence electrons. The number of nitrogens with one attached hydrogen (secondary N) is 1. The maximum absolute atomic E-state index is 12.2. The first-order valence-electron chi connectivity index (χ1n) is 7.94. The van der Waals surface area contributed by atoms with Crippen molar-refractivity contribution in [1.82, 2.24) is 5.32 Å². The molecule has 0 aromatic carbocycles. The third-order valence-corrected chi connectivity index (χ3v) is 4.81. The molecule has 1 aliphatic carbocycles. The van der Waals surface area contributed by atoms with E-state index in [1.807, 2.05) is 0 Å². The third-order valence-electron chi connectivity index (χ3n) is 4.48. The highest BCUT2D eigenvalue weighted by molar-refractivity contribution is 6.18. The van der Waals surface area contributed by atoms with E-state index in [0.29, 0.717) is 11.8 Å². The lowest BCUT2D eigenvalue weighted by Crippen LogP contribution is -2.43. The molecule has 0 spiro atoms. The van der Waals surface area contributed by atoms with Gasteiger partial charge in [0, 0.05) is 17.8 Å². The van der Waals surface area contributed by atoms with Gasteiger partial charge in [0.05, 0.1) is 0 Å². The highest BCUT2D eigenvalue weighted by Crippen LogP contribution is 2.32. The summed E-state index contributed by atoms with van der Waals surface area (Å²) in [6.07, 6.45) is 8.55. The molecule has 1 unspecified atom stereocenters. The summed E-state index contributed by atoms with van der Waals surface area (Å²) in [7, 11) is 0. The molecule has 3 heteroatoms. The molecular formula is C16H30ClNO. The number of hydrogen-bond acceptors (Lipinski definition) is 1. The van der Waals surface area contributed by atoms with E-state index in [1.54, 1.807) is 0 Å². The molecule has 1 saturated carbocycles. The van der Waals surface area contributed by atoms with Crippen molar-refractivity contribution >= 4 is 17.5 Å². The summed E-state index contributed by atoms with van der Waals surface area (Å²) in [6, 6.07) is 0.118. The van der Waals surface area contributed by atoms with Crippen molar-refractivity contribution in [3.8, 4) is 0 Å². The molecule has 0 heterocycles. The Hall–Kier alpha value is -0.240. The molecule has 1 aliphatic rings. The quantitative estimate of drug-likeness (QED) is 0.693. The molecule has 0 aliphatic heterocycles. The SMILES string of the molecule is CCCCC1CCC(C(=O)NC(CCl)C(C)C)CC1. The minimum atomic E-state index is 0.118. The van der Waals surface area contributed by atoms with Crippen LogP contribution in [0.4, 0.5) is 0 Å². The predicted molar refractivity (Wildman–Crippen MR) is 82.5 cm³/mol. The van der Waals surface area contributed by atoms with Crippen molar-refractivity contribution in [2.45, 2.75) is 71.8 Å². The van der Waals surface area contributed by atoms with Gasteiger partial charge in [0.2, 0.25) is 5.91 Å². The van der Waals surface area contributed by atoms with Gasteiger partial charge in [-0.15, -0.1) is 11.6 Å². The summed E-state index contributed by atoms with van der Waals surface area (Å²) >= 11 is 5.91. The molecule has 19 heavy (non-hydrogen) atoms. The molecule has 0 aromatic heterocycles. The Bertz CT molecular complexity index is 259. The van der Waals surface area contributed by atoms with Gasteiger partial charge in [0.1, 0.15) is 0 Å². The number of alkyl halides is 1. The summed E-state index contributed by atoms with van der Waals surface area (Å²) < 4.78 is 0. The maximum atomic E-state index is 12.2. The van der Waals surface area contributed by atoms with E-state index in [-0.39, 0.29) is 17.9 Å². The van der Waals surface area contributed by atoms with Gasteiger partial charge in [-0.25, -0.2) is 0 Å². The number of rotatable bonds is 7. The smallest absolute Gasteiger partial charge is 0.223 e. The van der Waals surface area contributed by atoms with E-state index in [4.69, 9.17) is 11.6 Å². The van der Waals surface area contributed by atoms with Gasteiger partial charge in [-0.2, -0.15) is 0 Å². The van der Waals surface area contributed by atoms with Crippen LogP contribution in [0.25, 0.3) is 0 Å². The highest BCUT2D eigenvalue weighted by atomic mass is 35.5. The van der Waals surface area contributed by atoms with Crippen molar-refractivity contribution in [3.05, 3.63) is 0 Å². The van der Waals surface area contributed by atoms with Crippen LogP contribution in [0.5, 0.6) is 0 Å². The van der Waals surface area contributed by atoms with Crippen LogP contribution >= 0.6 is 11.6 Å². The molecule has 0 radical (unpaired) electrons. The molecule has 0 bridgehead atoms. The second kappa shape index (κ2) is 8.84. The lowest BCUT2D eigenvalue weighted by molar-refractivity contribution is -0.127. The number of carbonyl (C=O) groups excluding carboxylic acids is 1. The van der Waals surface area contributed by atoms with E-state index in [2.05, 4.69) is 26.1 Å². The average Bonchev–Trinajstić information content (AvgIpc) is 2.42. The lowest BCUT2D eigenvalue weighted by Gasteiger charge is -2.29. The van der Waals surface area contributed by atoms with Gasteiger partial charge in [0.15, 0.2) is 0 Å². The van der Waals surface area contributed by atoms with Gasteiger partial charge in [-0.1, -0.05) is 40.0 Å². The Labute approximate surface area is 123 Å². The molecule has 1 atom stereocenters. The summed E-state index contributed by atoms with van der Waals surface area (Å²) in [6.45, 7) is 6.46. The number of halogens is 1. The summed E-state index contributed by atoms with van der Waals surface area (Å²) in [4.78, 5) is 12.2. The van der Waals surface area contributed by atoms with Crippen LogP contribution in [0.2, 0.25) is 0 Å². The van der Waals surface area contributed by atoms with Gasteiger partial charge < -0.3 is 5.32 Å². The van der Waals surface area contributed by atoms with E-state index in [0.717, 1.165) is 18.8 Å². The van der Waals surface area contributed by atoms with Crippen molar-refractivity contribution < 1.29 is 4.79 Å². The monoisotopic (exact) mass is 287 g/mol. The van der Waals surface area contributed by atoms with Crippen LogP contribution < -0.4 is 5.32 Å². The fraction of sp³-hybridized carbons (Fsp3) is 0.938. The maximum Gasteiger partial charge on any atom is 0.223 e. The highest BCUT2D eigenvalue weighted by Gasteiger charge is 2.27. The second-order valence-corrected chi connectivity index (χ2v) is 6.68. The third kappa shape index (κ3) is 5.72. The van der Waals surface area contributed by atoms with Crippen molar-refractivity contribution in [2.24, 2.45) is 17.8 Å². The molecule has 1 amide bonds. The van der Waals surface area contributed by atoms with E-state index in [9.17, 15) is 4.79 Å². The van der Waals surface area contributed by atoms with Gasteiger partial charge in [-0.3, -0.25) is 4.79 Å². The molecular weight excluding hydrogens is 258 g/mol. The standard InChI is InChI=1S/C16H30ClNO/c1-4-5-6-13-7-9-14(10-8-13)16(19)18-15(11-17)12(2)3/h12-15H,4-11H2,1-3H3,(H,18,19). The van der Waals surface area contributed by atoms with Crippen molar-refractivity contribution in [2.75, 3.05) is 5.88 Å². The Morgan fingerprint density at radius 2 is 1.89 bits per heavy atom. The van der Waals surface area contributed by atoms with Gasteiger partial charge in [-0.05, 0) is 37.5 Å². The zero-order valence-electron chi connectivity index (χ0n) is 12.8. The first kappa shape index (κ1) is 16.8. The molecule has 0 saturated heterocycles. The number of carbonyl (C=O) groups is 1. The number of hydrogen-bond donors (Lipinski definition) is 1. The van der Waals surface area contributed by atoms with Crippen LogP contribution in [-0.4, -0.2) is 17.8 Å². The van der Waals surface area contributed by atoms with E-state index < -0.39 is 0 Å². The Morgan fingerprint density at radius 1 is 1.26 bits per heavy atom. The molecule has 0 aromatic rings. The lowest BCUT2D eigenvalue weighted by atomic mass is 9.79. The summed E-state index contributed by atoms with van der Waals surface area (Å²) in [5.41, 5.74) is 0. The Kier molecular flexibility index (Phi) is 7.82. The molecule has 2 nitrogen and oxygen atoms in total. The Morgan fingerprint density at radius 3 is 2.37 bits per heavy atom. The molecule has 1 rings (SSSR count). The first-order valence-corrected chi connectivity index (χ1v) is 8.48. The van der Waals surface area contributed by atoms with Crippen molar-refractivity contribution in [1.29, 1.82) is 0 Å². The zero-order valence-corrected chi connectivity index (χ0v) is 13.5. The van der Waals surface area contributed by atoms with Crippen LogP contribution in [0.1, 0.15) is 65.7 Å². The molecule has 1 fully saturated rings. The normalized spacial score (nSPS) is 25.3. The van der Waals surface area contributed by atoms with Crippen molar-refractivity contribution in [3.63, 3.8) is 0 Å². The molecule has 1 N–H and O–H groups in total. The minimum Gasteiger partial charge on any atom is -0.352 e.